The minimum Gasteiger partial charge on any atom is -0.504 e. The monoisotopic (exact) mass is 596 g/mol. The summed E-state index contributed by atoms with van der Waals surface area (Å²) in [5.41, 5.74) is -0.259. The van der Waals surface area contributed by atoms with Gasteiger partial charge in [0.05, 0.1) is 22.6 Å². The first-order valence-corrected chi connectivity index (χ1v) is 15.7. The summed E-state index contributed by atoms with van der Waals surface area (Å²) in [6.45, 7) is 4.32. The number of aliphatic hydroxyl groups is 1. The number of phenols is 1. The number of carbonyl (C=O) groups is 1. The molecule has 2 bridgehead atoms. The van der Waals surface area contributed by atoms with Crippen LogP contribution in [0.3, 0.4) is 0 Å². The van der Waals surface area contributed by atoms with Crippen LogP contribution in [0.15, 0.2) is 42.5 Å². The predicted octanol–water partition coefficient (Wildman–Crippen LogP) is 5.69. The van der Waals surface area contributed by atoms with E-state index in [-0.39, 0.29) is 23.7 Å². The Morgan fingerprint density at radius 1 is 1.19 bits per heavy atom. The second-order valence-electron chi connectivity index (χ2n) is 13.2. The van der Waals surface area contributed by atoms with Crippen LogP contribution in [0.1, 0.15) is 74.1 Å². The van der Waals surface area contributed by atoms with Crippen LogP contribution >= 0.6 is 0 Å². The SMILES string of the molecule is CCCCN(C(=O)C=Cc1cccc(C(F)(F)F)c1)[C@H]1CC[C@@]2(O)[C@H]3Cc4ccc(O)c5c4[C@@]2(CCN3CC2CC2)[C@H]1O5. The van der Waals surface area contributed by atoms with Gasteiger partial charge >= 0.3 is 6.18 Å². The van der Waals surface area contributed by atoms with Crippen molar-refractivity contribution in [2.24, 2.45) is 5.92 Å². The number of amides is 1. The summed E-state index contributed by atoms with van der Waals surface area (Å²) in [7, 11) is 0. The second-order valence-corrected chi connectivity index (χ2v) is 13.2. The fourth-order valence-corrected chi connectivity index (χ4v) is 8.62. The van der Waals surface area contributed by atoms with E-state index < -0.39 is 28.9 Å². The molecule has 5 atom stereocenters. The van der Waals surface area contributed by atoms with Gasteiger partial charge in [-0.25, -0.2) is 0 Å². The zero-order chi connectivity index (χ0) is 30.1. The third kappa shape index (κ3) is 4.48. The van der Waals surface area contributed by atoms with Crippen molar-refractivity contribution in [1.29, 1.82) is 0 Å². The van der Waals surface area contributed by atoms with E-state index >= 15 is 0 Å². The smallest absolute Gasteiger partial charge is 0.416 e. The highest BCUT2D eigenvalue weighted by molar-refractivity contribution is 5.92. The molecule has 230 valence electrons. The van der Waals surface area contributed by atoms with E-state index in [1.807, 2.05) is 13.0 Å². The van der Waals surface area contributed by atoms with Gasteiger partial charge in [0, 0.05) is 30.8 Å². The molecule has 5 aliphatic rings. The molecule has 0 unspecified atom stereocenters. The van der Waals surface area contributed by atoms with Crippen LogP contribution in [0.2, 0.25) is 0 Å². The molecule has 1 spiro atoms. The van der Waals surface area contributed by atoms with Crippen molar-refractivity contribution in [3.63, 3.8) is 0 Å². The van der Waals surface area contributed by atoms with E-state index in [1.54, 1.807) is 17.0 Å². The molecule has 2 N–H and O–H groups in total. The van der Waals surface area contributed by atoms with Crippen LogP contribution in [0.25, 0.3) is 6.08 Å². The minimum absolute atomic E-state index is 0.0540. The van der Waals surface area contributed by atoms with Crippen molar-refractivity contribution in [2.45, 2.75) is 93.7 Å². The van der Waals surface area contributed by atoms with E-state index in [1.165, 1.54) is 31.1 Å². The van der Waals surface area contributed by atoms with E-state index in [0.29, 0.717) is 49.5 Å². The number of benzene rings is 2. The molecule has 2 aromatic rings. The van der Waals surface area contributed by atoms with Gasteiger partial charge in [-0.3, -0.25) is 9.69 Å². The lowest BCUT2D eigenvalue weighted by molar-refractivity contribution is -0.201. The number of nitrogens with zero attached hydrogens (tertiary/aromatic N) is 2. The Morgan fingerprint density at radius 2 is 2.00 bits per heavy atom. The third-order valence-electron chi connectivity index (χ3n) is 10.8. The summed E-state index contributed by atoms with van der Waals surface area (Å²) in [4.78, 5) is 18.1. The molecule has 7 rings (SSSR count). The van der Waals surface area contributed by atoms with E-state index in [2.05, 4.69) is 4.90 Å². The van der Waals surface area contributed by atoms with Crippen LogP contribution in [0.4, 0.5) is 13.2 Å². The number of carbonyl (C=O) groups excluding carboxylic acids is 1. The normalized spacial score (nSPS) is 31.1. The molecule has 3 aliphatic carbocycles. The zero-order valence-corrected chi connectivity index (χ0v) is 24.4. The van der Waals surface area contributed by atoms with Crippen molar-refractivity contribution in [3.05, 3.63) is 64.7 Å². The Balaban J connectivity index is 1.24. The Labute approximate surface area is 250 Å². The summed E-state index contributed by atoms with van der Waals surface area (Å²) in [5.74, 6) is 0.884. The number of unbranched alkanes of at least 4 members (excludes halogenated alkanes) is 1. The summed E-state index contributed by atoms with van der Waals surface area (Å²) < 4.78 is 46.5. The molecule has 1 amide bonds. The van der Waals surface area contributed by atoms with Crippen LogP contribution in [-0.4, -0.2) is 69.3 Å². The molecule has 6 nitrogen and oxygen atoms in total. The first-order chi connectivity index (χ1) is 20.6. The molecule has 0 radical (unpaired) electrons. The number of alkyl halides is 3. The maximum atomic E-state index is 13.9. The van der Waals surface area contributed by atoms with Gasteiger partial charge in [0.25, 0.3) is 0 Å². The molecule has 43 heavy (non-hydrogen) atoms. The number of hydrogen-bond donors (Lipinski definition) is 2. The molecule has 9 heteroatoms. The fraction of sp³-hybridized carbons (Fsp3) is 0.559. The van der Waals surface area contributed by atoms with Gasteiger partial charge in [0.1, 0.15) is 6.10 Å². The topological polar surface area (TPSA) is 73.2 Å². The van der Waals surface area contributed by atoms with Crippen molar-refractivity contribution in [2.75, 3.05) is 19.6 Å². The number of aromatic hydroxyl groups is 1. The third-order valence-corrected chi connectivity index (χ3v) is 10.8. The molecule has 2 aromatic carbocycles. The Kier molecular flexibility index (Phi) is 6.85. The quantitative estimate of drug-likeness (QED) is 0.384. The first-order valence-electron chi connectivity index (χ1n) is 15.7. The summed E-state index contributed by atoms with van der Waals surface area (Å²) in [6, 6.07) is 8.17. The zero-order valence-electron chi connectivity index (χ0n) is 24.4. The molecule has 0 aromatic heterocycles. The summed E-state index contributed by atoms with van der Waals surface area (Å²) in [6.07, 6.45) is 4.29. The predicted molar refractivity (Wildman–Crippen MR) is 156 cm³/mol. The number of ether oxygens (including phenoxy) is 1. The van der Waals surface area contributed by atoms with E-state index in [4.69, 9.17) is 4.74 Å². The highest BCUT2D eigenvalue weighted by Gasteiger charge is 2.73. The molecule has 3 fully saturated rings. The molecule has 2 saturated carbocycles. The Hall–Kier alpha value is -3.04. The molecule has 2 aliphatic heterocycles. The molecule has 1 saturated heterocycles. The lowest BCUT2D eigenvalue weighted by Crippen LogP contribution is -2.78. The van der Waals surface area contributed by atoms with Gasteiger partial charge in [-0.15, -0.1) is 0 Å². The number of halogens is 3. The number of likely N-dealkylation sites (tertiary alicyclic amines) is 1. The number of hydrogen-bond acceptors (Lipinski definition) is 5. The maximum Gasteiger partial charge on any atom is 0.416 e. The average molecular weight is 597 g/mol. The summed E-state index contributed by atoms with van der Waals surface area (Å²) >= 11 is 0. The van der Waals surface area contributed by atoms with Crippen LogP contribution < -0.4 is 4.74 Å². The van der Waals surface area contributed by atoms with Gasteiger partial charge in [0.2, 0.25) is 5.91 Å². The number of piperidine rings is 1. The lowest BCUT2D eigenvalue weighted by atomic mass is 9.48. The van der Waals surface area contributed by atoms with Crippen molar-refractivity contribution in [3.8, 4) is 11.5 Å². The average Bonchev–Trinajstić information content (AvgIpc) is 3.72. The highest BCUT2D eigenvalue weighted by Crippen LogP contribution is 2.66. The summed E-state index contributed by atoms with van der Waals surface area (Å²) in [5, 5.41) is 23.7. The van der Waals surface area contributed by atoms with Gasteiger partial charge in [-0.1, -0.05) is 31.5 Å². The first kappa shape index (κ1) is 28.7. The van der Waals surface area contributed by atoms with E-state index in [9.17, 15) is 28.2 Å². The Bertz CT molecular complexity index is 1460. The fourth-order valence-electron chi connectivity index (χ4n) is 8.62. The van der Waals surface area contributed by atoms with Crippen LogP contribution in [0.5, 0.6) is 11.5 Å². The maximum absolute atomic E-state index is 13.9. The number of phenolic OH excluding ortho intramolecular Hbond substituents is 1. The van der Waals surface area contributed by atoms with Crippen molar-refractivity contribution in [1.82, 2.24) is 9.80 Å². The molecular formula is C34H39F3N2O4. The van der Waals surface area contributed by atoms with Gasteiger partial charge in [-0.2, -0.15) is 13.2 Å². The molecular weight excluding hydrogens is 557 g/mol. The molecule has 2 heterocycles. The highest BCUT2D eigenvalue weighted by atomic mass is 19.4. The van der Waals surface area contributed by atoms with Gasteiger partial charge in [-0.05, 0) is 92.8 Å². The number of rotatable bonds is 8. The second kappa shape index (κ2) is 10.3. The Morgan fingerprint density at radius 3 is 2.74 bits per heavy atom. The lowest BCUT2D eigenvalue weighted by Gasteiger charge is -2.65. The van der Waals surface area contributed by atoms with E-state index in [0.717, 1.165) is 49.2 Å². The van der Waals surface area contributed by atoms with Crippen molar-refractivity contribution >= 4 is 12.0 Å². The largest absolute Gasteiger partial charge is 0.504 e. The van der Waals surface area contributed by atoms with Gasteiger partial charge in [0.15, 0.2) is 11.5 Å². The van der Waals surface area contributed by atoms with Crippen LogP contribution in [-0.2, 0) is 22.8 Å². The van der Waals surface area contributed by atoms with Gasteiger partial charge < -0.3 is 19.8 Å². The minimum atomic E-state index is -4.47. The van der Waals surface area contributed by atoms with Crippen molar-refractivity contribution < 1.29 is 32.9 Å². The standard InChI is InChI=1S/C34H39F3N2O4/c1-2-3-16-39(28(41)12-9-21-5-4-6-24(18-21)34(35,36)37)25-13-14-33(42)27-19-23-10-11-26(40)30-29(23)32(33,31(25)43-30)15-17-38(27)20-22-7-8-22/h4-6,9-12,18,22,25,27,31,40,42H,2-3,7-8,13-17,19-20H2,1H3/t25-,27+,31-,32-,33+/m0/s1. The van der Waals surface area contributed by atoms with Crippen LogP contribution in [0, 0.1) is 5.92 Å².